The van der Waals surface area contributed by atoms with Crippen molar-refractivity contribution in [2.45, 2.75) is 18.3 Å². The molecule has 7 nitrogen and oxygen atoms in total. The zero-order chi connectivity index (χ0) is 18.5. The van der Waals surface area contributed by atoms with Crippen molar-refractivity contribution in [2.75, 3.05) is 26.8 Å². The van der Waals surface area contributed by atoms with Crippen LogP contribution in [0.5, 0.6) is 11.6 Å². The molecule has 1 aliphatic heterocycles. The summed E-state index contributed by atoms with van der Waals surface area (Å²) >= 11 is 0. The van der Waals surface area contributed by atoms with Gasteiger partial charge in [0.25, 0.3) is 0 Å². The van der Waals surface area contributed by atoms with Crippen LogP contribution in [0.25, 0.3) is 11.4 Å². The van der Waals surface area contributed by atoms with Gasteiger partial charge in [-0.1, -0.05) is 23.4 Å². The van der Waals surface area contributed by atoms with Crippen LogP contribution in [0.1, 0.15) is 18.7 Å². The van der Waals surface area contributed by atoms with Crippen molar-refractivity contribution in [3.63, 3.8) is 0 Å². The largest absolute Gasteiger partial charge is 0.439 e. The first kappa shape index (κ1) is 17.6. The Hall–Kier alpha value is -2.77. The van der Waals surface area contributed by atoms with Crippen LogP contribution in [0.15, 0.2) is 53.2 Å². The van der Waals surface area contributed by atoms with Crippen molar-refractivity contribution in [1.82, 2.24) is 20.4 Å². The van der Waals surface area contributed by atoms with E-state index in [4.69, 9.17) is 14.0 Å². The number of para-hydroxylation sites is 1. The predicted octanol–water partition coefficient (Wildman–Crippen LogP) is 3.19. The first-order valence-corrected chi connectivity index (χ1v) is 9.02. The first-order chi connectivity index (χ1) is 13.3. The van der Waals surface area contributed by atoms with Crippen LogP contribution < -0.4 is 10.1 Å². The molecule has 1 fully saturated rings. The Morgan fingerprint density at radius 2 is 1.93 bits per heavy atom. The molecular weight excluding hydrogens is 344 g/mol. The number of pyridine rings is 1. The van der Waals surface area contributed by atoms with Gasteiger partial charge in [-0.25, -0.2) is 4.98 Å². The highest BCUT2D eigenvalue weighted by atomic mass is 16.5. The number of rotatable bonds is 6. The number of nitrogens with zero attached hydrogens (tertiary/aromatic N) is 3. The van der Waals surface area contributed by atoms with Gasteiger partial charge in [-0.15, -0.1) is 0 Å². The van der Waals surface area contributed by atoms with Crippen LogP contribution in [-0.4, -0.2) is 41.9 Å². The third-order valence-electron chi connectivity index (χ3n) is 4.82. The minimum Gasteiger partial charge on any atom is -0.439 e. The van der Waals surface area contributed by atoms with E-state index in [-0.39, 0.29) is 5.41 Å². The maximum Gasteiger partial charge on any atom is 0.235 e. The Kier molecular flexibility index (Phi) is 5.13. The Morgan fingerprint density at radius 1 is 1.11 bits per heavy atom. The SMILES string of the molecule is COCC1(c2nc(-c3ccc(Oc4ccccc4)nc3)no2)CCNCC1. The number of hydrogen-bond acceptors (Lipinski definition) is 7. The molecule has 1 aliphatic rings. The van der Waals surface area contributed by atoms with Crippen LogP contribution in [-0.2, 0) is 10.2 Å². The summed E-state index contributed by atoms with van der Waals surface area (Å²) in [5.41, 5.74) is 0.557. The molecule has 3 aromatic rings. The summed E-state index contributed by atoms with van der Waals surface area (Å²) in [6, 6.07) is 13.2. The second-order valence-electron chi connectivity index (χ2n) is 6.69. The van der Waals surface area contributed by atoms with Crippen LogP contribution in [0.2, 0.25) is 0 Å². The van der Waals surface area contributed by atoms with Gasteiger partial charge in [0.05, 0.1) is 12.0 Å². The highest BCUT2D eigenvalue weighted by Gasteiger charge is 2.39. The highest BCUT2D eigenvalue weighted by Crippen LogP contribution is 2.34. The van der Waals surface area contributed by atoms with Gasteiger partial charge in [0.1, 0.15) is 5.75 Å². The summed E-state index contributed by atoms with van der Waals surface area (Å²) in [7, 11) is 1.70. The summed E-state index contributed by atoms with van der Waals surface area (Å²) < 4.78 is 16.8. The lowest BCUT2D eigenvalue weighted by molar-refractivity contribution is 0.0850. The van der Waals surface area contributed by atoms with Crippen molar-refractivity contribution in [3.8, 4) is 23.0 Å². The lowest BCUT2D eigenvalue weighted by Crippen LogP contribution is -2.43. The number of nitrogens with one attached hydrogen (secondary N) is 1. The number of piperidine rings is 1. The molecule has 140 valence electrons. The summed E-state index contributed by atoms with van der Waals surface area (Å²) in [6.45, 7) is 2.39. The van der Waals surface area contributed by atoms with E-state index in [9.17, 15) is 0 Å². The summed E-state index contributed by atoms with van der Waals surface area (Å²) in [4.78, 5) is 8.99. The molecule has 2 aromatic heterocycles. The molecule has 0 unspecified atom stereocenters. The first-order valence-electron chi connectivity index (χ1n) is 9.02. The molecule has 1 aromatic carbocycles. The van der Waals surface area contributed by atoms with E-state index >= 15 is 0 Å². The Labute approximate surface area is 157 Å². The fraction of sp³-hybridized carbons (Fsp3) is 0.350. The minimum absolute atomic E-state index is 0.227. The van der Waals surface area contributed by atoms with Crippen molar-refractivity contribution < 1.29 is 14.0 Å². The molecule has 27 heavy (non-hydrogen) atoms. The number of ether oxygens (including phenoxy) is 2. The normalized spacial score (nSPS) is 16.2. The minimum atomic E-state index is -0.227. The monoisotopic (exact) mass is 366 g/mol. The van der Waals surface area contributed by atoms with E-state index in [1.165, 1.54) is 0 Å². The van der Waals surface area contributed by atoms with Crippen molar-refractivity contribution in [3.05, 3.63) is 54.6 Å². The quantitative estimate of drug-likeness (QED) is 0.717. The van der Waals surface area contributed by atoms with Crippen molar-refractivity contribution in [1.29, 1.82) is 0 Å². The van der Waals surface area contributed by atoms with Crippen LogP contribution in [0.4, 0.5) is 0 Å². The van der Waals surface area contributed by atoms with Gasteiger partial charge in [0.15, 0.2) is 0 Å². The van der Waals surface area contributed by atoms with Gasteiger partial charge in [0.2, 0.25) is 17.6 Å². The molecule has 0 radical (unpaired) electrons. The summed E-state index contributed by atoms with van der Waals surface area (Å²) in [5.74, 6) is 2.41. The fourth-order valence-corrected chi connectivity index (χ4v) is 3.34. The van der Waals surface area contributed by atoms with Crippen LogP contribution in [0.3, 0.4) is 0 Å². The molecule has 4 rings (SSSR count). The van der Waals surface area contributed by atoms with E-state index in [2.05, 4.69) is 20.4 Å². The smallest absolute Gasteiger partial charge is 0.235 e. The van der Waals surface area contributed by atoms with Gasteiger partial charge in [0, 0.05) is 24.9 Å². The lowest BCUT2D eigenvalue weighted by atomic mass is 9.79. The summed E-state index contributed by atoms with van der Waals surface area (Å²) in [5, 5.41) is 7.52. The molecule has 1 N–H and O–H groups in total. The molecule has 1 saturated heterocycles. The molecule has 3 heterocycles. The second-order valence-corrected chi connectivity index (χ2v) is 6.69. The molecule has 7 heteroatoms. The van der Waals surface area contributed by atoms with Gasteiger partial charge < -0.3 is 19.3 Å². The molecule has 0 atom stereocenters. The third kappa shape index (κ3) is 3.84. The van der Waals surface area contributed by atoms with Crippen LogP contribution >= 0.6 is 0 Å². The van der Waals surface area contributed by atoms with E-state index in [0.717, 1.165) is 37.2 Å². The molecule has 0 saturated carbocycles. The highest BCUT2D eigenvalue weighted by molar-refractivity contribution is 5.53. The third-order valence-corrected chi connectivity index (χ3v) is 4.82. The second kappa shape index (κ2) is 7.85. The zero-order valence-electron chi connectivity index (χ0n) is 15.2. The molecule has 0 bridgehead atoms. The Bertz CT molecular complexity index is 853. The Balaban J connectivity index is 1.52. The number of methoxy groups -OCH3 is 1. The van der Waals surface area contributed by atoms with E-state index in [1.54, 1.807) is 19.4 Å². The molecule has 0 aliphatic carbocycles. The molecular formula is C20H22N4O3. The van der Waals surface area contributed by atoms with E-state index in [0.29, 0.717) is 24.2 Å². The van der Waals surface area contributed by atoms with Gasteiger partial charge in [-0.3, -0.25) is 0 Å². The topological polar surface area (TPSA) is 82.3 Å². The maximum atomic E-state index is 5.72. The number of benzene rings is 1. The van der Waals surface area contributed by atoms with E-state index in [1.807, 2.05) is 36.4 Å². The maximum absolute atomic E-state index is 5.72. The summed E-state index contributed by atoms with van der Waals surface area (Å²) in [6.07, 6.45) is 3.51. The molecule has 0 spiro atoms. The van der Waals surface area contributed by atoms with Gasteiger partial charge >= 0.3 is 0 Å². The number of aromatic nitrogens is 3. The number of hydrogen-bond donors (Lipinski definition) is 1. The van der Waals surface area contributed by atoms with Crippen LogP contribution in [0, 0.1) is 0 Å². The van der Waals surface area contributed by atoms with Gasteiger partial charge in [-0.05, 0) is 44.1 Å². The van der Waals surface area contributed by atoms with Crippen molar-refractivity contribution >= 4 is 0 Å². The van der Waals surface area contributed by atoms with Crippen molar-refractivity contribution in [2.24, 2.45) is 0 Å². The average Bonchev–Trinajstić information content (AvgIpc) is 3.21. The standard InChI is InChI=1S/C20H22N4O3/c1-25-14-20(9-11-21-12-10-20)19-23-18(24-27-19)15-7-8-17(22-13-15)26-16-5-3-2-4-6-16/h2-8,13,21H,9-12,14H2,1H3. The molecule has 0 amide bonds. The average molecular weight is 366 g/mol. The predicted molar refractivity (Wildman–Crippen MR) is 99.7 cm³/mol. The Morgan fingerprint density at radius 3 is 2.63 bits per heavy atom. The fourth-order valence-electron chi connectivity index (χ4n) is 3.34. The zero-order valence-corrected chi connectivity index (χ0v) is 15.2. The van der Waals surface area contributed by atoms with E-state index < -0.39 is 0 Å². The lowest BCUT2D eigenvalue weighted by Gasteiger charge is -2.33. The van der Waals surface area contributed by atoms with Gasteiger partial charge in [-0.2, -0.15) is 4.98 Å².